The summed E-state index contributed by atoms with van der Waals surface area (Å²) in [6.07, 6.45) is 1.37. The highest BCUT2D eigenvalue weighted by Crippen LogP contribution is 2.15. The fourth-order valence-corrected chi connectivity index (χ4v) is 1.77. The van der Waals surface area contributed by atoms with Gasteiger partial charge in [-0.15, -0.1) is 0 Å². The summed E-state index contributed by atoms with van der Waals surface area (Å²) < 4.78 is 4.94. The molecule has 2 N–H and O–H groups in total. The second-order valence-electron chi connectivity index (χ2n) is 3.96. The van der Waals surface area contributed by atoms with Crippen LogP contribution in [-0.4, -0.2) is 34.3 Å². The van der Waals surface area contributed by atoms with E-state index in [2.05, 4.69) is 9.97 Å². The molecular weight excluding hydrogens is 232 g/mol. The lowest BCUT2D eigenvalue weighted by atomic mass is 10.2. The zero-order valence-corrected chi connectivity index (χ0v) is 10.3. The zero-order chi connectivity index (χ0) is 13.0. The highest BCUT2D eigenvalue weighted by atomic mass is 16.5. The van der Waals surface area contributed by atoms with Crippen LogP contribution in [0.3, 0.4) is 0 Å². The van der Waals surface area contributed by atoms with Crippen LogP contribution in [0.2, 0.25) is 0 Å². The van der Waals surface area contributed by atoms with Crippen molar-refractivity contribution < 1.29 is 14.6 Å². The van der Waals surface area contributed by atoms with Crippen LogP contribution in [0.1, 0.15) is 29.5 Å². The van der Waals surface area contributed by atoms with Crippen LogP contribution in [0.15, 0.2) is 18.2 Å². The van der Waals surface area contributed by atoms with Crippen LogP contribution >= 0.6 is 0 Å². The molecule has 0 saturated carbocycles. The monoisotopic (exact) mass is 248 g/mol. The average Bonchev–Trinajstić information content (AvgIpc) is 2.78. The molecule has 1 aromatic carbocycles. The highest BCUT2D eigenvalue weighted by Gasteiger charge is 2.09. The normalized spacial score (nSPS) is 10.8. The lowest BCUT2D eigenvalue weighted by molar-refractivity contribution is 0.0526. The molecule has 0 spiro atoms. The highest BCUT2D eigenvalue weighted by molar-refractivity contribution is 5.93. The standard InChI is InChI=1S/C13H16N2O3/c1-2-18-13(17)9-5-6-10-11(8-9)15-12(14-10)4-3-7-16/h5-6,8,16H,2-4,7H2,1H3,(H,14,15). The third-order valence-corrected chi connectivity index (χ3v) is 2.61. The van der Waals surface area contributed by atoms with E-state index in [1.165, 1.54) is 0 Å². The number of nitrogens with zero attached hydrogens (tertiary/aromatic N) is 1. The van der Waals surface area contributed by atoms with Crippen molar-refractivity contribution in [2.24, 2.45) is 0 Å². The molecule has 0 saturated heterocycles. The number of ether oxygens (including phenoxy) is 1. The van der Waals surface area contributed by atoms with Gasteiger partial charge in [-0.1, -0.05) is 0 Å². The molecule has 0 amide bonds. The summed E-state index contributed by atoms with van der Waals surface area (Å²) in [6.45, 7) is 2.28. The number of benzene rings is 1. The molecule has 0 atom stereocenters. The van der Waals surface area contributed by atoms with Crippen molar-refractivity contribution in [1.29, 1.82) is 0 Å². The topological polar surface area (TPSA) is 75.2 Å². The molecule has 0 bridgehead atoms. The number of carbonyl (C=O) groups is 1. The van der Waals surface area contributed by atoms with Gasteiger partial charge in [0, 0.05) is 13.0 Å². The molecule has 18 heavy (non-hydrogen) atoms. The Bertz CT molecular complexity index is 548. The van der Waals surface area contributed by atoms with Crippen molar-refractivity contribution in [3.8, 4) is 0 Å². The first kappa shape index (κ1) is 12.6. The number of esters is 1. The molecule has 0 aliphatic heterocycles. The fourth-order valence-electron chi connectivity index (χ4n) is 1.77. The number of aliphatic hydroxyl groups excluding tert-OH is 1. The van der Waals surface area contributed by atoms with Crippen molar-refractivity contribution in [2.75, 3.05) is 13.2 Å². The molecular formula is C13H16N2O3. The predicted molar refractivity (Wildman–Crippen MR) is 67.5 cm³/mol. The first-order valence-electron chi connectivity index (χ1n) is 6.01. The average molecular weight is 248 g/mol. The Labute approximate surface area is 105 Å². The van der Waals surface area contributed by atoms with Gasteiger partial charge in [0.2, 0.25) is 0 Å². The van der Waals surface area contributed by atoms with E-state index >= 15 is 0 Å². The van der Waals surface area contributed by atoms with E-state index in [4.69, 9.17) is 9.84 Å². The number of fused-ring (bicyclic) bond motifs is 1. The Kier molecular flexibility index (Phi) is 3.94. The fraction of sp³-hybridized carbons (Fsp3) is 0.385. The molecule has 1 aromatic heterocycles. The Morgan fingerprint density at radius 2 is 2.33 bits per heavy atom. The summed E-state index contributed by atoms with van der Waals surface area (Å²) in [5.74, 6) is 0.492. The SMILES string of the molecule is CCOC(=O)c1ccc2nc(CCCO)[nH]c2c1. The third-order valence-electron chi connectivity index (χ3n) is 2.61. The van der Waals surface area contributed by atoms with E-state index < -0.39 is 0 Å². The minimum atomic E-state index is -0.328. The number of H-pyrrole nitrogens is 1. The number of aromatic nitrogens is 2. The summed E-state index contributed by atoms with van der Waals surface area (Å²) in [5.41, 5.74) is 2.14. The lowest BCUT2D eigenvalue weighted by Crippen LogP contribution is -2.04. The number of aryl methyl sites for hydroxylation is 1. The quantitative estimate of drug-likeness (QED) is 0.789. The van der Waals surface area contributed by atoms with Gasteiger partial charge in [-0.25, -0.2) is 9.78 Å². The molecule has 2 rings (SSSR count). The van der Waals surface area contributed by atoms with Crippen molar-refractivity contribution in [3.05, 3.63) is 29.6 Å². The molecule has 0 fully saturated rings. The van der Waals surface area contributed by atoms with Gasteiger partial charge < -0.3 is 14.8 Å². The summed E-state index contributed by atoms with van der Waals surface area (Å²) in [7, 11) is 0. The number of imidazole rings is 1. The van der Waals surface area contributed by atoms with Crippen LogP contribution in [0, 0.1) is 0 Å². The minimum Gasteiger partial charge on any atom is -0.462 e. The van der Waals surface area contributed by atoms with Crippen LogP contribution in [0.25, 0.3) is 11.0 Å². The van der Waals surface area contributed by atoms with Crippen molar-refractivity contribution >= 4 is 17.0 Å². The van der Waals surface area contributed by atoms with Gasteiger partial charge in [-0.05, 0) is 31.5 Å². The van der Waals surface area contributed by atoms with Crippen molar-refractivity contribution in [2.45, 2.75) is 19.8 Å². The van der Waals surface area contributed by atoms with Gasteiger partial charge in [0.05, 0.1) is 23.2 Å². The Hall–Kier alpha value is -1.88. The maximum Gasteiger partial charge on any atom is 0.338 e. The van der Waals surface area contributed by atoms with E-state index in [1.807, 2.05) is 0 Å². The minimum absolute atomic E-state index is 0.144. The van der Waals surface area contributed by atoms with E-state index in [0.717, 1.165) is 16.9 Å². The van der Waals surface area contributed by atoms with Gasteiger partial charge in [0.1, 0.15) is 5.82 Å². The van der Waals surface area contributed by atoms with Crippen molar-refractivity contribution in [3.63, 3.8) is 0 Å². The number of rotatable bonds is 5. The molecule has 0 aliphatic carbocycles. The second-order valence-corrected chi connectivity index (χ2v) is 3.96. The van der Waals surface area contributed by atoms with E-state index in [-0.39, 0.29) is 12.6 Å². The molecule has 5 heteroatoms. The largest absolute Gasteiger partial charge is 0.462 e. The van der Waals surface area contributed by atoms with Crippen LogP contribution in [0.5, 0.6) is 0 Å². The Morgan fingerprint density at radius 3 is 3.06 bits per heavy atom. The van der Waals surface area contributed by atoms with Crippen molar-refractivity contribution in [1.82, 2.24) is 9.97 Å². The number of carbonyl (C=O) groups excluding carboxylic acids is 1. The molecule has 0 radical (unpaired) electrons. The first-order chi connectivity index (χ1) is 8.74. The smallest absolute Gasteiger partial charge is 0.338 e. The maximum absolute atomic E-state index is 11.6. The lowest BCUT2D eigenvalue weighted by Gasteiger charge is -2.00. The van der Waals surface area contributed by atoms with Gasteiger partial charge in [0.25, 0.3) is 0 Å². The number of hydrogen-bond acceptors (Lipinski definition) is 4. The summed E-state index contributed by atoms with van der Waals surface area (Å²) in [4.78, 5) is 19.1. The van der Waals surface area contributed by atoms with Gasteiger partial charge in [0.15, 0.2) is 0 Å². The number of nitrogens with one attached hydrogen (secondary N) is 1. The zero-order valence-electron chi connectivity index (χ0n) is 10.3. The summed E-state index contributed by atoms with van der Waals surface area (Å²) in [5, 5.41) is 8.78. The Morgan fingerprint density at radius 1 is 1.50 bits per heavy atom. The molecule has 2 aromatic rings. The molecule has 0 aliphatic rings. The third kappa shape index (κ3) is 2.68. The summed E-state index contributed by atoms with van der Waals surface area (Å²) >= 11 is 0. The second kappa shape index (κ2) is 5.64. The van der Waals surface area contributed by atoms with E-state index in [0.29, 0.717) is 25.0 Å². The van der Waals surface area contributed by atoms with Gasteiger partial charge in [-0.3, -0.25) is 0 Å². The molecule has 0 unspecified atom stereocenters. The van der Waals surface area contributed by atoms with Crippen LogP contribution in [-0.2, 0) is 11.2 Å². The van der Waals surface area contributed by atoms with Crippen LogP contribution < -0.4 is 0 Å². The van der Waals surface area contributed by atoms with Gasteiger partial charge in [-0.2, -0.15) is 0 Å². The van der Waals surface area contributed by atoms with E-state index in [1.54, 1.807) is 25.1 Å². The summed E-state index contributed by atoms with van der Waals surface area (Å²) in [6, 6.07) is 5.24. The maximum atomic E-state index is 11.6. The predicted octanol–water partition coefficient (Wildman–Crippen LogP) is 1.66. The number of aliphatic hydroxyl groups is 1. The van der Waals surface area contributed by atoms with Crippen LogP contribution in [0.4, 0.5) is 0 Å². The Balaban J connectivity index is 2.25. The first-order valence-corrected chi connectivity index (χ1v) is 6.01. The molecule has 96 valence electrons. The number of hydrogen-bond donors (Lipinski definition) is 2. The number of aromatic amines is 1. The van der Waals surface area contributed by atoms with E-state index in [9.17, 15) is 4.79 Å². The molecule has 5 nitrogen and oxygen atoms in total. The van der Waals surface area contributed by atoms with Gasteiger partial charge >= 0.3 is 5.97 Å². The molecule has 1 heterocycles.